The zero-order chi connectivity index (χ0) is 15.4. The van der Waals surface area contributed by atoms with E-state index in [0.29, 0.717) is 12.1 Å². The zero-order valence-corrected chi connectivity index (χ0v) is 13.2. The largest absolute Gasteiger partial charge is 0.491 e. The van der Waals surface area contributed by atoms with Crippen LogP contribution in [0.25, 0.3) is 0 Å². The number of benzene rings is 2. The van der Waals surface area contributed by atoms with Crippen LogP contribution < -0.4 is 10.1 Å². The molecule has 1 N–H and O–H groups in total. The van der Waals surface area contributed by atoms with Crippen molar-refractivity contribution < 1.29 is 9.13 Å². The van der Waals surface area contributed by atoms with E-state index in [1.165, 1.54) is 0 Å². The first-order valence-electron chi connectivity index (χ1n) is 6.91. The topological polar surface area (TPSA) is 21.3 Å². The summed E-state index contributed by atoms with van der Waals surface area (Å²) in [5.41, 5.74) is 2.55. The van der Waals surface area contributed by atoms with Crippen LogP contribution in [0.5, 0.6) is 5.75 Å². The second-order valence-corrected chi connectivity index (χ2v) is 5.62. The summed E-state index contributed by atoms with van der Waals surface area (Å²) in [4.78, 5) is 0. The quantitative estimate of drug-likeness (QED) is 0.821. The Kier molecular flexibility index (Phi) is 5.07. The molecule has 0 spiro atoms. The van der Waals surface area contributed by atoms with Gasteiger partial charge in [0.05, 0.1) is 11.1 Å². The highest BCUT2D eigenvalue weighted by molar-refractivity contribution is 6.30. The average molecular weight is 308 g/mol. The number of nitrogens with one attached hydrogen (secondary N) is 1. The van der Waals surface area contributed by atoms with Crippen molar-refractivity contribution in [3.63, 3.8) is 0 Å². The molecule has 0 saturated carbocycles. The van der Waals surface area contributed by atoms with E-state index >= 15 is 0 Å². The van der Waals surface area contributed by atoms with Crippen LogP contribution in [0.3, 0.4) is 0 Å². The standard InChI is InChI=1S/C17H19ClFNO/c1-11(2)21-14-7-8-16(12(3)9-14)20-10-13-5-4-6-15(18)17(13)19/h4-9,11,20H,10H2,1-3H3. The van der Waals surface area contributed by atoms with Gasteiger partial charge in [-0.15, -0.1) is 0 Å². The maximum absolute atomic E-state index is 13.8. The van der Waals surface area contributed by atoms with Crippen molar-refractivity contribution in [1.29, 1.82) is 0 Å². The summed E-state index contributed by atoms with van der Waals surface area (Å²) >= 11 is 5.78. The Morgan fingerprint density at radius 1 is 1.24 bits per heavy atom. The average Bonchev–Trinajstić information content (AvgIpc) is 2.41. The molecule has 4 heteroatoms. The molecule has 2 aromatic carbocycles. The number of halogens is 2. The predicted molar refractivity (Wildman–Crippen MR) is 85.7 cm³/mol. The zero-order valence-electron chi connectivity index (χ0n) is 12.4. The molecule has 0 fully saturated rings. The van der Waals surface area contributed by atoms with Crippen LogP contribution in [-0.2, 0) is 6.54 Å². The molecule has 0 aliphatic carbocycles. The third-order valence-corrected chi connectivity index (χ3v) is 3.36. The Morgan fingerprint density at radius 2 is 2.00 bits per heavy atom. The smallest absolute Gasteiger partial charge is 0.146 e. The van der Waals surface area contributed by atoms with Crippen molar-refractivity contribution in [2.24, 2.45) is 0 Å². The Balaban J connectivity index is 2.08. The van der Waals surface area contributed by atoms with Crippen LogP contribution >= 0.6 is 11.6 Å². The highest BCUT2D eigenvalue weighted by Gasteiger charge is 2.07. The molecule has 112 valence electrons. The highest BCUT2D eigenvalue weighted by atomic mass is 35.5. The predicted octanol–water partition coefficient (Wildman–Crippen LogP) is 5.19. The molecule has 2 nitrogen and oxygen atoms in total. The van der Waals surface area contributed by atoms with E-state index in [9.17, 15) is 4.39 Å². The molecule has 0 bridgehead atoms. The van der Waals surface area contributed by atoms with Gasteiger partial charge >= 0.3 is 0 Å². The third kappa shape index (κ3) is 4.11. The summed E-state index contributed by atoms with van der Waals surface area (Å²) in [5.74, 6) is 0.464. The lowest BCUT2D eigenvalue weighted by molar-refractivity contribution is 0.242. The summed E-state index contributed by atoms with van der Waals surface area (Å²) in [7, 11) is 0. The first-order valence-corrected chi connectivity index (χ1v) is 7.29. The first-order chi connectivity index (χ1) is 9.97. The SMILES string of the molecule is Cc1cc(OC(C)C)ccc1NCc1cccc(Cl)c1F. The van der Waals surface area contributed by atoms with Gasteiger partial charge in [-0.1, -0.05) is 23.7 Å². The van der Waals surface area contributed by atoms with Gasteiger partial charge in [-0.25, -0.2) is 4.39 Å². The van der Waals surface area contributed by atoms with Gasteiger partial charge in [0, 0.05) is 17.8 Å². The fourth-order valence-electron chi connectivity index (χ4n) is 2.06. The third-order valence-electron chi connectivity index (χ3n) is 3.07. The second-order valence-electron chi connectivity index (χ2n) is 5.21. The fourth-order valence-corrected chi connectivity index (χ4v) is 2.25. The van der Waals surface area contributed by atoms with E-state index in [2.05, 4.69) is 5.32 Å². The Labute approximate surface area is 129 Å². The molecular formula is C17H19ClFNO. The molecule has 0 aromatic heterocycles. The highest BCUT2D eigenvalue weighted by Crippen LogP contribution is 2.24. The number of rotatable bonds is 5. The molecule has 0 saturated heterocycles. The number of anilines is 1. The minimum Gasteiger partial charge on any atom is -0.491 e. The van der Waals surface area contributed by atoms with Crippen LogP contribution in [0.15, 0.2) is 36.4 Å². The van der Waals surface area contributed by atoms with Crippen molar-refractivity contribution in [3.8, 4) is 5.75 Å². The van der Waals surface area contributed by atoms with Crippen molar-refractivity contribution in [2.45, 2.75) is 33.4 Å². The van der Waals surface area contributed by atoms with E-state index in [4.69, 9.17) is 16.3 Å². The molecule has 21 heavy (non-hydrogen) atoms. The first kappa shape index (κ1) is 15.6. The minimum atomic E-state index is -0.371. The number of aryl methyl sites for hydroxylation is 1. The van der Waals surface area contributed by atoms with Gasteiger partial charge in [-0.2, -0.15) is 0 Å². The molecule has 0 atom stereocenters. The van der Waals surface area contributed by atoms with Gasteiger partial charge in [0.2, 0.25) is 0 Å². The summed E-state index contributed by atoms with van der Waals surface area (Å²) in [6.07, 6.45) is 0.142. The van der Waals surface area contributed by atoms with E-state index in [1.54, 1.807) is 18.2 Å². The van der Waals surface area contributed by atoms with Crippen molar-refractivity contribution in [3.05, 3.63) is 58.4 Å². The Hall–Kier alpha value is -1.74. The van der Waals surface area contributed by atoms with Crippen LogP contribution in [0.4, 0.5) is 10.1 Å². The fraction of sp³-hybridized carbons (Fsp3) is 0.294. The summed E-state index contributed by atoms with van der Waals surface area (Å²) in [6.45, 7) is 6.36. The molecular weight excluding hydrogens is 289 g/mol. The van der Waals surface area contributed by atoms with Crippen molar-refractivity contribution in [1.82, 2.24) is 0 Å². The summed E-state index contributed by atoms with van der Waals surface area (Å²) < 4.78 is 19.5. The van der Waals surface area contributed by atoms with Gasteiger partial charge in [0.1, 0.15) is 11.6 Å². The molecule has 0 amide bonds. The molecule has 0 unspecified atom stereocenters. The molecule has 0 heterocycles. The van der Waals surface area contributed by atoms with Gasteiger partial charge in [-0.05, 0) is 50.6 Å². The lowest BCUT2D eigenvalue weighted by Gasteiger charge is -2.14. The summed E-state index contributed by atoms with van der Waals surface area (Å²) in [6, 6.07) is 10.8. The van der Waals surface area contributed by atoms with Crippen molar-refractivity contribution in [2.75, 3.05) is 5.32 Å². The Morgan fingerprint density at radius 3 is 2.67 bits per heavy atom. The number of hydrogen-bond donors (Lipinski definition) is 1. The Bertz CT molecular complexity index is 628. The van der Waals surface area contributed by atoms with Crippen molar-refractivity contribution >= 4 is 17.3 Å². The minimum absolute atomic E-state index is 0.142. The van der Waals surface area contributed by atoms with Gasteiger partial charge in [0.15, 0.2) is 0 Å². The molecule has 2 aromatic rings. The van der Waals surface area contributed by atoms with Gasteiger partial charge in [0.25, 0.3) is 0 Å². The van der Waals surface area contributed by atoms with Crippen LogP contribution in [-0.4, -0.2) is 6.10 Å². The maximum Gasteiger partial charge on any atom is 0.146 e. The van der Waals surface area contributed by atoms with E-state index in [-0.39, 0.29) is 16.9 Å². The monoisotopic (exact) mass is 307 g/mol. The lowest BCUT2D eigenvalue weighted by atomic mass is 10.1. The lowest BCUT2D eigenvalue weighted by Crippen LogP contribution is -2.07. The van der Waals surface area contributed by atoms with E-state index in [1.807, 2.05) is 39.0 Å². The van der Waals surface area contributed by atoms with E-state index < -0.39 is 0 Å². The molecule has 0 aliphatic rings. The second kappa shape index (κ2) is 6.81. The maximum atomic E-state index is 13.8. The van der Waals surface area contributed by atoms with Gasteiger partial charge in [-0.3, -0.25) is 0 Å². The summed E-state index contributed by atoms with van der Waals surface area (Å²) in [5, 5.41) is 3.37. The molecule has 2 rings (SSSR count). The number of ether oxygens (including phenoxy) is 1. The van der Waals surface area contributed by atoms with Crippen LogP contribution in [0.1, 0.15) is 25.0 Å². The number of hydrogen-bond acceptors (Lipinski definition) is 2. The molecule has 0 radical (unpaired) electrons. The normalized spacial score (nSPS) is 10.8. The van der Waals surface area contributed by atoms with E-state index in [0.717, 1.165) is 17.0 Å². The van der Waals surface area contributed by atoms with Gasteiger partial charge < -0.3 is 10.1 Å². The van der Waals surface area contributed by atoms with Crippen LogP contribution in [0.2, 0.25) is 5.02 Å². The van der Waals surface area contributed by atoms with Crippen LogP contribution in [0, 0.1) is 12.7 Å². The molecule has 0 aliphatic heterocycles.